The molecule has 0 saturated carbocycles. The van der Waals surface area contributed by atoms with Crippen LogP contribution < -0.4 is 5.32 Å². The van der Waals surface area contributed by atoms with Gasteiger partial charge in [0.25, 0.3) is 0 Å². The van der Waals surface area contributed by atoms with Crippen molar-refractivity contribution in [2.45, 2.75) is 6.18 Å². The Morgan fingerprint density at radius 1 is 1.32 bits per heavy atom. The zero-order chi connectivity index (χ0) is 14.6. The first kappa shape index (κ1) is 14.9. The van der Waals surface area contributed by atoms with Crippen LogP contribution in [0.4, 0.5) is 18.9 Å². The highest BCUT2D eigenvalue weighted by molar-refractivity contribution is 9.10. The Morgan fingerprint density at radius 3 is 2.37 bits per heavy atom. The van der Waals surface area contributed by atoms with Gasteiger partial charge in [-0.25, -0.2) is 0 Å². The Bertz CT molecular complexity index is 595. The summed E-state index contributed by atoms with van der Waals surface area (Å²) in [7, 11) is 0. The maximum absolute atomic E-state index is 12.6. The minimum atomic E-state index is -4.58. The van der Waals surface area contributed by atoms with Gasteiger partial charge >= 0.3 is 6.18 Å². The number of phenolic OH excluding ortho intramolecular Hbond substituents is 1. The van der Waals surface area contributed by atoms with Crippen molar-refractivity contribution >= 4 is 21.6 Å². The lowest BCUT2D eigenvalue weighted by Crippen LogP contribution is -2.06. The summed E-state index contributed by atoms with van der Waals surface area (Å²) in [5, 5.41) is 28.8. The molecule has 0 spiro atoms. The van der Waals surface area contributed by atoms with Crippen LogP contribution in [0, 0.1) is 22.7 Å². The minimum Gasteiger partial charge on any atom is -0.505 e. The normalized spacial score (nSPS) is 10.2. The van der Waals surface area contributed by atoms with Gasteiger partial charge in [-0.1, -0.05) is 0 Å². The molecule has 0 radical (unpaired) electrons. The van der Waals surface area contributed by atoms with E-state index in [1.165, 1.54) is 12.1 Å². The molecule has 0 aliphatic carbocycles. The fourth-order valence-corrected chi connectivity index (χ4v) is 1.57. The molecule has 8 heteroatoms. The maximum Gasteiger partial charge on any atom is 0.416 e. The third-order valence-electron chi connectivity index (χ3n) is 2.00. The van der Waals surface area contributed by atoms with E-state index in [0.717, 1.165) is 12.3 Å². The molecule has 2 N–H and O–H groups in total. The summed E-state index contributed by atoms with van der Waals surface area (Å²) in [5.41, 5.74) is -1.60. The van der Waals surface area contributed by atoms with Crippen molar-refractivity contribution in [1.82, 2.24) is 0 Å². The van der Waals surface area contributed by atoms with Crippen molar-refractivity contribution in [3.8, 4) is 17.9 Å². The molecule has 0 bridgehead atoms. The number of anilines is 1. The highest BCUT2D eigenvalue weighted by atomic mass is 79.9. The van der Waals surface area contributed by atoms with Gasteiger partial charge in [-0.2, -0.15) is 23.7 Å². The van der Waals surface area contributed by atoms with Crippen LogP contribution in [0.2, 0.25) is 0 Å². The van der Waals surface area contributed by atoms with Crippen LogP contribution in [0.1, 0.15) is 5.56 Å². The summed E-state index contributed by atoms with van der Waals surface area (Å²) in [6.07, 6.45) is -3.68. The molecule has 1 rings (SSSR count). The third kappa shape index (κ3) is 3.63. The molecule has 98 valence electrons. The first-order valence-corrected chi connectivity index (χ1v) is 5.45. The average Bonchev–Trinajstić information content (AvgIpc) is 2.33. The van der Waals surface area contributed by atoms with Gasteiger partial charge in [0.15, 0.2) is 5.75 Å². The molecule has 0 aliphatic rings. The molecule has 0 aliphatic heterocycles. The molecule has 1 aromatic rings. The van der Waals surface area contributed by atoms with Gasteiger partial charge in [-0.3, -0.25) is 0 Å². The number of nitrogens with one attached hydrogen (secondary N) is 1. The molecule has 0 atom stereocenters. The van der Waals surface area contributed by atoms with E-state index in [4.69, 9.17) is 10.5 Å². The van der Waals surface area contributed by atoms with Crippen molar-refractivity contribution in [1.29, 1.82) is 10.5 Å². The number of phenols is 1. The lowest BCUT2D eigenvalue weighted by molar-refractivity contribution is -0.137. The van der Waals surface area contributed by atoms with E-state index in [1.54, 1.807) is 0 Å². The molecule has 19 heavy (non-hydrogen) atoms. The lowest BCUT2D eigenvalue weighted by atomic mass is 10.2. The number of hydrogen-bond donors (Lipinski definition) is 2. The van der Waals surface area contributed by atoms with Gasteiger partial charge in [0.05, 0.1) is 15.7 Å². The summed E-state index contributed by atoms with van der Waals surface area (Å²) < 4.78 is 37.5. The van der Waals surface area contributed by atoms with Gasteiger partial charge in [-0.15, -0.1) is 0 Å². The Labute approximate surface area is 114 Å². The second-order valence-electron chi connectivity index (χ2n) is 3.28. The van der Waals surface area contributed by atoms with Gasteiger partial charge in [0, 0.05) is 6.20 Å². The summed E-state index contributed by atoms with van der Waals surface area (Å²) in [4.78, 5) is 0. The molecular weight excluding hydrogens is 327 g/mol. The van der Waals surface area contributed by atoms with E-state index >= 15 is 0 Å². The number of hydrogen-bond acceptors (Lipinski definition) is 4. The second-order valence-corrected chi connectivity index (χ2v) is 4.13. The van der Waals surface area contributed by atoms with Crippen molar-refractivity contribution < 1.29 is 18.3 Å². The predicted octanol–water partition coefficient (Wildman–Crippen LogP) is 3.52. The standard InChI is InChI=1S/C11H5BrF3N3O/c12-8-1-7(11(13,14)15)2-9(10(8)19)18-5-6(3-16)4-17/h1-2,5,18-19H. The van der Waals surface area contributed by atoms with Crippen molar-refractivity contribution in [2.75, 3.05) is 5.32 Å². The van der Waals surface area contributed by atoms with Crippen molar-refractivity contribution in [2.24, 2.45) is 0 Å². The largest absolute Gasteiger partial charge is 0.505 e. The number of alkyl halides is 3. The van der Waals surface area contributed by atoms with Crippen molar-refractivity contribution in [3.05, 3.63) is 33.9 Å². The summed E-state index contributed by atoms with van der Waals surface area (Å²) in [6.45, 7) is 0. The number of benzene rings is 1. The SMILES string of the molecule is N#CC(C#N)=CNc1cc(C(F)(F)F)cc(Br)c1O. The van der Waals surface area contributed by atoms with E-state index < -0.39 is 17.5 Å². The fraction of sp³-hybridized carbons (Fsp3) is 0.0909. The van der Waals surface area contributed by atoms with E-state index in [2.05, 4.69) is 21.2 Å². The number of nitriles is 2. The van der Waals surface area contributed by atoms with Crippen LogP contribution in [-0.2, 0) is 6.18 Å². The number of nitrogens with zero attached hydrogens (tertiary/aromatic N) is 2. The van der Waals surface area contributed by atoms with Crippen LogP contribution in [0.25, 0.3) is 0 Å². The highest BCUT2D eigenvalue weighted by Gasteiger charge is 2.32. The first-order valence-electron chi connectivity index (χ1n) is 4.66. The van der Waals surface area contributed by atoms with Gasteiger partial charge in [0.1, 0.15) is 17.7 Å². The van der Waals surface area contributed by atoms with Gasteiger partial charge in [-0.05, 0) is 28.1 Å². The molecule has 0 saturated heterocycles. The van der Waals surface area contributed by atoms with E-state index in [1.807, 2.05) is 0 Å². The number of halogens is 4. The molecule has 1 aromatic carbocycles. The van der Waals surface area contributed by atoms with Gasteiger partial charge in [0.2, 0.25) is 0 Å². The Hall–Kier alpha value is -2.19. The summed E-state index contributed by atoms with van der Waals surface area (Å²) in [5.74, 6) is -0.459. The zero-order valence-corrected chi connectivity index (χ0v) is 10.7. The smallest absolute Gasteiger partial charge is 0.416 e. The van der Waals surface area contributed by atoms with Crippen molar-refractivity contribution in [3.63, 3.8) is 0 Å². The summed E-state index contributed by atoms with van der Waals surface area (Å²) >= 11 is 2.79. The Kier molecular flexibility index (Phi) is 4.41. The topological polar surface area (TPSA) is 79.8 Å². The molecular formula is C11H5BrF3N3O. The Morgan fingerprint density at radius 2 is 1.89 bits per heavy atom. The molecule has 0 fully saturated rings. The number of allylic oxidation sites excluding steroid dienone is 1. The van der Waals surface area contributed by atoms with Crippen LogP contribution in [-0.4, -0.2) is 5.11 Å². The molecule has 0 aromatic heterocycles. The molecule has 0 unspecified atom stereocenters. The van der Waals surface area contributed by atoms with Crippen LogP contribution in [0.3, 0.4) is 0 Å². The van der Waals surface area contributed by atoms with E-state index in [0.29, 0.717) is 6.07 Å². The molecule has 4 nitrogen and oxygen atoms in total. The van der Waals surface area contributed by atoms with Gasteiger partial charge < -0.3 is 10.4 Å². The Balaban J connectivity index is 3.23. The van der Waals surface area contributed by atoms with Crippen LogP contribution in [0.15, 0.2) is 28.4 Å². The summed E-state index contributed by atoms with van der Waals surface area (Å²) in [6, 6.07) is 4.44. The van der Waals surface area contributed by atoms with Crippen LogP contribution in [0.5, 0.6) is 5.75 Å². The fourth-order valence-electron chi connectivity index (χ4n) is 1.11. The second kappa shape index (κ2) is 5.63. The number of aromatic hydroxyl groups is 1. The minimum absolute atomic E-state index is 0.159. The first-order chi connectivity index (χ1) is 8.79. The monoisotopic (exact) mass is 331 g/mol. The molecule has 0 heterocycles. The predicted molar refractivity (Wildman–Crippen MR) is 63.7 cm³/mol. The third-order valence-corrected chi connectivity index (χ3v) is 2.61. The van der Waals surface area contributed by atoms with E-state index in [-0.39, 0.29) is 15.7 Å². The molecule has 0 amide bonds. The zero-order valence-electron chi connectivity index (χ0n) is 9.09. The maximum atomic E-state index is 12.6. The van der Waals surface area contributed by atoms with E-state index in [9.17, 15) is 18.3 Å². The van der Waals surface area contributed by atoms with Crippen LogP contribution >= 0.6 is 15.9 Å². The lowest BCUT2D eigenvalue weighted by Gasteiger charge is -2.12. The number of rotatable bonds is 2. The highest BCUT2D eigenvalue weighted by Crippen LogP contribution is 2.39. The average molecular weight is 332 g/mol. The quantitative estimate of drug-likeness (QED) is 0.641.